The molecule has 0 atom stereocenters. The maximum Gasteiger partial charge on any atom is 0.235 e. The summed E-state index contributed by atoms with van der Waals surface area (Å²) < 4.78 is 0. The highest BCUT2D eigenvalue weighted by Crippen LogP contribution is 2.50. The first-order valence-electron chi connectivity index (χ1n) is 6.05. The SMILES string of the molecule is Cc1cc(C2(N=C=O)CC2)cc(CN(C)C)c1O. The van der Waals surface area contributed by atoms with Crippen molar-refractivity contribution in [2.24, 2.45) is 4.99 Å². The van der Waals surface area contributed by atoms with E-state index in [0.717, 1.165) is 29.5 Å². The minimum absolute atomic E-state index is 0.332. The highest BCUT2D eigenvalue weighted by molar-refractivity contribution is 5.48. The van der Waals surface area contributed by atoms with Crippen molar-refractivity contribution in [2.75, 3.05) is 14.1 Å². The maximum atomic E-state index is 10.5. The molecular formula is C14H18N2O2. The van der Waals surface area contributed by atoms with Gasteiger partial charge in [0.05, 0.1) is 5.54 Å². The predicted molar refractivity (Wildman–Crippen MR) is 69.3 cm³/mol. The molecule has 4 heteroatoms. The van der Waals surface area contributed by atoms with Crippen molar-refractivity contribution >= 4 is 6.08 Å². The van der Waals surface area contributed by atoms with E-state index in [2.05, 4.69) is 4.99 Å². The van der Waals surface area contributed by atoms with Crippen LogP contribution in [-0.2, 0) is 16.9 Å². The molecule has 1 fully saturated rings. The second-order valence-corrected chi connectivity index (χ2v) is 5.27. The van der Waals surface area contributed by atoms with Gasteiger partial charge < -0.3 is 10.0 Å². The minimum atomic E-state index is -0.374. The number of phenolic OH excluding ortho intramolecular Hbond substituents is 1. The van der Waals surface area contributed by atoms with Crippen molar-refractivity contribution in [3.63, 3.8) is 0 Å². The van der Waals surface area contributed by atoms with E-state index in [1.807, 2.05) is 38.1 Å². The fourth-order valence-electron chi connectivity index (χ4n) is 2.25. The van der Waals surface area contributed by atoms with Crippen LogP contribution >= 0.6 is 0 Å². The predicted octanol–water partition coefficient (Wildman–Crippen LogP) is 2.09. The van der Waals surface area contributed by atoms with Gasteiger partial charge in [0, 0.05) is 12.1 Å². The van der Waals surface area contributed by atoms with E-state index in [1.54, 1.807) is 6.08 Å². The van der Waals surface area contributed by atoms with Gasteiger partial charge in [-0.15, -0.1) is 0 Å². The molecule has 96 valence electrons. The number of hydrogen-bond acceptors (Lipinski definition) is 4. The topological polar surface area (TPSA) is 52.9 Å². The Labute approximate surface area is 107 Å². The Bertz CT molecular complexity index is 513. The lowest BCUT2D eigenvalue weighted by molar-refractivity contribution is 0.384. The molecule has 0 saturated heterocycles. The molecule has 0 aliphatic heterocycles. The van der Waals surface area contributed by atoms with Gasteiger partial charge in [-0.2, -0.15) is 4.99 Å². The summed E-state index contributed by atoms with van der Waals surface area (Å²) >= 11 is 0. The molecule has 0 heterocycles. The monoisotopic (exact) mass is 246 g/mol. The Balaban J connectivity index is 2.44. The highest BCUT2D eigenvalue weighted by atomic mass is 16.3. The van der Waals surface area contributed by atoms with Crippen molar-refractivity contribution in [3.05, 3.63) is 28.8 Å². The average molecular weight is 246 g/mol. The molecule has 2 rings (SSSR count). The summed E-state index contributed by atoms with van der Waals surface area (Å²) in [4.78, 5) is 16.4. The number of hydrogen-bond donors (Lipinski definition) is 1. The molecule has 1 aromatic carbocycles. The van der Waals surface area contributed by atoms with E-state index in [9.17, 15) is 9.90 Å². The normalized spacial score (nSPS) is 16.4. The molecule has 0 aromatic heterocycles. The third kappa shape index (κ3) is 2.30. The number of nitrogens with zero attached hydrogens (tertiary/aromatic N) is 2. The van der Waals surface area contributed by atoms with Crippen molar-refractivity contribution in [2.45, 2.75) is 31.8 Å². The number of benzene rings is 1. The Morgan fingerprint density at radius 1 is 1.44 bits per heavy atom. The quantitative estimate of drug-likeness (QED) is 0.653. The third-order valence-corrected chi connectivity index (χ3v) is 3.39. The Kier molecular flexibility index (Phi) is 3.24. The molecule has 1 N–H and O–H groups in total. The lowest BCUT2D eigenvalue weighted by Crippen LogP contribution is -2.12. The van der Waals surface area contributed by atoms with Crippen LogP contribution in [0.15, 0.2) is 17.1 Å². The zero-order valence-electron chi connectivity index (χ0n) is 11.0. The average Bonchev–Trinajstić information content (AvgIpc) is 3.05. The first-order valence-corrected chi connectivity index (χ1v) is 6.05. The van der Waals surface area contributed by atoms with Gasteiger partial charge in [0.1, 0.15) is 5.75 Å². The van der Waals surface area contributed by atoms with E-state index in [4.69, 9.17) is 0 Å². The molecule has 0 bridgehead atoms. The highest BCUT2D eigenvalue weighted by Gasteiger charge is 2.45. The summed E-state index contributed by atoms with van der Waals surface area (Å²) in [6.07, 6.45) is 3.43. The first kappa shape index (κ1) is 12.8. The Morgan fingerprint density at radius 2 is 2.11 bits per heavy atom. The lowest BCUT2D eigenvalue weighted by Gasteiger charge is -2.17. The number of aromatic hydroxyl groups is 1. The molecule has 4 nitrogen and oxygen atoms in total. The van der Waals surface area contributed by atoms with Crippen LogP contribution in [0.4, 0.5) is 0 Å². The van der Waals surface area contributed by atoms with Crippen LogP contribution in [-0.4, -0.2) is 30.2 Å². The fourth-order valence-corrected chi connectivity index (χ4v) is 2.25. The lowest BCUT2D eigenvalue weighted by atomic mass is 9.98. The van der Waals surface area contributed by atoms with Crippen molar-refractivity contribution in [1.29, 1.82) is 0 Å². The molecule has 18 heavy (non-hydrogen) atoms. The van der Waals surface area contributed by atoms with E-state index in [-0.39, 0.29) is 5.54 Å². The van der Waals surface area contributed by atoms with E-state index >= 15 is 0 Å². The first-order chi connectivity index (χ1) is 8.48. The second kappa shape index (κ2) is 4.56. The smallest absolute Gasteiger partial charge is 0.235 e. The number of phenols is 1. The molecule has 0 amide bonds. The largest absolute Gasteiger partial charge is 0.507 e. The van der Waals surface area contributed by atoms with Crippen LogP contribution in [0, 0.1) is 6.92 Å². The summed E-state index contributed by atoms with van der Waals surface area (Å²) in [7, 11) is 3.91. The van der Waals surface area contributed by atoms with Crippen LogP contribution in [0.3, 0.4) is 0 Å². The molecule has 0 unspecified atom stereocenters. The summed E-state index contributed by atoms with van der Waals surface area (Å²) in [5.74, 6) is 0.332. The summed E-state index contributed by atoms with van der Waals surface area (Å²) in [6, 6.07) is 3.87. The standard InChI is InChI=1S/C14H18N2O2/c1-10-6-12(14(4-5-14)15-9-17)7-11(13(10)18)8-16(2)3/h6-7,18H,4-5,8H2,1-3H3. The Hall–Kier alpha value is -1.64. The van der Waals surface area contributed by atoms with Gasteiger partial charge >= 0.3 is 0 Å². The zero-order chi connectivity index (χ0) is 13.3. The molecule has 1 aliphatic carbocycles. The van der Waals surface area contributed by atoms with Gasteiger partial charge in [0.2, 0.25) is 6.08 Å². The minimum Gasteiger partial charge on any atom is -0.507 e. The van der Waals surface area contributed by atoms with Crippen molar-refractivity contribution in [1.82, 2.24) is 4.90 Å². The van der Waals surface area contributed by atoms with Crippen LogP contribution in [0.5, 0.6) is 5.75 Å². The van der Waals surface area contributed by atoms with Crippen LogP contribution in [0.1, 0.15) is 29.5 Å². The molecule has 0 spiro atoms. The zero-order valence-corrected chi connectivity index (χ0v) is 11.0. The number of aryl methyl sites for hydroxylation is 1. The van der Waals surface area contributed by atoms with Gasteiger partial charge in [-0.1, -0.05) is 0 Å². The summed E-state index contributed by atoms with van der Waals surface area (Å²) in [6.45, 7) is 2.54. The number of isocyanates is 1. The van der Waals surface area contributed by atoms with Crippen molar-refractivity contribution in [3.8, 4) is 5.75 Å². The molecule has 1 aromatic rings. The number of rotatable bonds is 4. The van der Waals surface area contributed by atoms with Crippen LogP contribution in [0.2, 0.25) is 0 Å². The second-order valence-electron chi connectivity index (χ2n) is 5.27. The van der Waals surface area contributed by atoms with E-state index < -0.39 is 0 Å². The van der Waals surface area contributed by atoms with Crippen LogP contribution < -0.4 is 0 Å². The van der Waals surface area contributed by atoms with E-state index in [1.165, 1.54) is 0 Å². The van der Waals surface area contributed by atoms with Crippen LogP contribution in [0.25, 0.3) is 0 Å². The van der Waals surface area contributed by atoms with Gasteiger partial charge in [-0.05, 0) is 57.1 Å². The fraction of sp³-hybridized carbons (Fsp3) is 0.500. The molecule has 0 radical (unpaired) electrons. The molecule has 1 aliphatic rings. The summed E-state index contributed by atoms with van der Waals surface area (Å²) in [5.41, 5.74) is 2.35. The maximum absolute atomic E-state index is 10.5. The van der Waals surface area contributed by atoms with Gasteiger partial charge in [0.25, 0.3) is 0 Å². The summed E-state index contributed by atoms with van der Waals surface area (Å²) in [5, 5.41) is 10.1. The van der Waals surface area contributed by atoms with Gasteiger partial charge in [-0.25, -0.2) is 4.79 Å². The van der Waals surface area contributed by atoms with Gasteiger partial charge in [-0.3, -0.25) is 0 Å². The molecule has 1 saturated carbocycles. The van der Waals surface area contributed by atoms with Crippen molar-refractivity contribution < 1.29 is 9.90 Å². The van der Waals surface area contributed by atoms with E-state index in [0.29, 0.717) is 12.3 Å². The number of aliphatic imine (C=N–C) groups is 1. The third-order valence-electron chi connectivity index (χ3n) is 3.39. The number of carbonyl (C=O) groups excluding carboxylic acids is 1. The Morgan fingerprint density at radius 3 is 2.61 bits per heavy atom. The molecular weight excluding hydrogens is 228 g/mol. The van der Waals surface area contributed by atoms with Gasteiger partial charge in [0.15, 0.2) is 0 Å².